The maximum atomic E-state index is 6.68. The summed E-state index contributed by atoms with van der Waals surface area (Å²) in [6, 6.07) is 59.6. The Hall–Kier alpha value is -6.58. The molecule has 0 unspecified atom stereocenters. The summed E-state index contributed by atoms with van der Waals surface area (Å²) in [6.07, 6.45) is 0. The van der Waals surface area contributed by atoms with Crippen molar-refractivity contribution in [3.63, 3.8) is 0 Å². The van der Waals surface area contributed by atoms with Crippen LogP contribution < -0.4 is 0 Å². The smallest absolute Gasteiger partial charge is 0.160 e. The molecule has 0 fully saturated rings. The minimum Gasteiger partial charge on any atom is -0.456 e. The van der Waals surface area contributed by atoms with Crippen LogP contribution in [0.1, 0.15) is 0 Å². The van der Waals surface area contributed by atoms with Crippen molar-refractivity contribution < 1.29 is 4.42 Å². The van der Waals surface area contributed by atoms with Gasteiger partial charge < -0.3 is 4.42 Å². The molecule has 2 aromatic heterocycles. The molecule has 0 spiro atoms. The van der Waals surface area contributed by atoms with Gasteiger partial charge in [-0.3, -0.25) is 0 Å². The highest BCUT2D eigenvalue weighted by Gasteiger charge is 2.20. The molecule has 2 heterocycles. The van der Waals surface area contributed by atoms with Crippen molar-refractivity contribution in [1.29, 1.82) is 0 Å². The van der Waals surface area contributed by atoms with Gasteiger partial charge in [0.2, 0.25) is 0 Å². The number of hydrogen-bond acceptors (Lipinski definition) is 3. The topological polar surface area (TPSA) is 38.9 Å². The summed E-state index contributed by atoms with van der Waals surface area (Å²) in [6.45, 7) is 0. The lowest BCUT2D eigenvalue weighted by atomic mass is 9.93. The Bertz CT molecular complexity index is 2860. The van der Waals surface area contributed by atoms with Gasteiger partial charge in [0.05, 0.1) is 11.2 Å². The van der Waals surface area contributed by atoms with Crippen molar-refractivity contribution in [2.75, 3.05) is 0 Å². The van der Waals surface area contributed by atoms with Crippen LogP contribution in [0.3, 0.4) is 0 Å². The van der Waals surface area contributed by atoms with Gasteiger partial charge in [0.15, 0.2) is 5.82 Å². The van der Waals surface area contributed by atoms with Gasteiger partial charge in [-0.25, -0.2) is 9.97 Å². The van der Waals surface area contributed by atoms with Gasteiger partial charge in [0, 0.05) is 27.3 Å². The molecule has 10 aromatic rings. The molecule has 3 heteroatoms. The highest BCUT2D eigenvalue weighted by Crippen LogP contribution is 2.43. The van der Waals surface area contributed by atoms with Crippen LogP contribution in [-0.4, -0.2) is 9.97 Å². The predicted molar refractivity (Wildman–Crippen MR) is 204 cm³/mol. The number of nitrogens with zero attached hydrogens (tertiary/aromatic N) is 2. The summed E-state index contributed by atoms with van der Waals surface area (Å²) < 4.78 is 6.68. The monoisotopic (exact) mass is 624 g/mol. The molecular weight excluding hydrogens is 597 g/mol. The molecule has 8 aromatic carbocycles. The van der Waals surface area contributed by atoms with E-state index in [-0.39, 0.29) is 0 Å². The Morgan fingerprint density at radius 2 is 1.02 bits per heavy atom. The first kappa shape index (κ1) is 27.5. The third kappa shape index (κ3) is 4.51. The van der Waals surface area contributed by atoms with Crippen molar-refractivity contribution in [3.05, 3.63) is 170 Å². The summed E-state index contributed by atoms with van der Waals surface area (Å²) in [5, 5.41) is 7.95. The Morgan fingerprint density at radius 3 is 1.86 bits per heavy atom. The molecule has 0 N–H and O–H groups in total. The fraction of sp³-hybridized carbons (Fsp3) is 0. The molecule has 0 atom stereocenters. The molecule has 0 bridgehead atoms. The van der Waals surface area contributed by atoms with Crippen LogP contribution in [0.2, 0.25) is 0 Å². The van der Waals surface area contributed by atoms with E-state index < -0.39 is 0 Å². The zero-order chi connectivity index (χ0) is 32.3. The number of aromatic nitrogens is 2. The molecule has 3 nitrogen and oxygen atoms in total. The lowest BCUT2D eigenvalue weighted by Gasteiger charge is -2.13. The molecule has 0 aliphatic rings. The summed E-state index contributed by atoms with van der Waals surface area (Å²) in [5.41, 5.74) is 10.1. The van der Waals surface area contributed by atoms with E-state index >= 15 is 0 Å². The van der Waals surface area contributed by atoms with Gasteiger partial charge in [-0.05, 0) is 68.1 Å². The van der Waals surface area contributed by atoms with Crippen molar-refractivity contribution in [3.8, 4) is 44.9 Å². The molecule has 0 radical (unpaired) electrons. The third-order valence-corrected chi connectivity index (χ3v) is 9.67. The summed E-state index contributed by atoms with van der Waals surface area (Å²) in [4.78, 5) is 10.5. The van der Waals surface area contributed by atoms with Crippen LogP contribution in [0.4, 0.5) is 0 Å². The van der Waals surface area contributed by atoms with Gasteiger partial charge in [-0.2, -0.15) is 0 Å². The third-order valence-electron chi connectivity index (χ3n) is 9.67. The van der Waals surface area contributed by atoms with E-state index in [1.54, 1.807) is 0 Å². The van der Waals surface area contributed by atoms with Crippen molar-refractivity contribution in [2.45, 2.75) is 0 Å². The zero-order valence-corrected chi connectivity index (χ0v) is 26.5. The molecule has 49 heavy (non-hydrogen) atoms. The standard InChI is InChI=1S/C46H28N2O/c1-2-11-29(12-3-1)30-21-23-33(24-22-30)39-27-34(28-42-44(39)43-36-17-7-5-14-32(36)25-26-41(43)49-42)46-47-40-20-9-8-18-38(40)45(48-46)37-19-10-15-31-13-4-6-16-35(31)37/h1-28H. The Morgan fingerprint density at radius 1 is 0.367 bits per heavy atom. The molecule has 228 valence electrons. The maximum absolute atomic E-state index is 6.68. The molecular formula is C46H28N2O. The van der Waals surface area contributed by atoms with E-state index in [0.29, 0.717) is 5.82 Å². The van der Waals surface area contributed by atoms with E-state index in [1.807, 2.05) is 6.07 Å². The fourth-order valence-corrected chi connectivity index (χ4v) is 7.34. The normalized spacial score (nSPS) is 11.7. The first-order valence-electron chi connectivity index (χ1n) is 16.6. The van der Waals surface area contributed by atoms with Gasteiger partial charge >= 0.3 is 0 Å². The van der Waals surface area contributed by atoms with Crippen molar-refractivity contribution in [1.82, 2.24) is 9.97 Å². The van der Waals surface area contributed by atoms with Crippen LogP contribution >= 0.6 is 0 Å². The summed E-state index contributed by atoms with van der Waals surface area (Å²) in [5.74, 6) is 0.663. The number of para-hydroxylation sites is 1. The number of rotatable bonds is 4. The highest BCUT2D eigenvalue weighted by atomic mass is 16.3. The maximum Gasteiger partial charge on any atom is 0.160 e. The Kier molecular flexibility index (Phi) is 6.18. The summed E-state index contributed by atoms with van der Waals surface area (Å²) in [7, 11) is 0. The largest absolute Gasteiger partial charge is 0.456 e. The second-order valence-electron chi connectivity index (χ2n) is 12.5. The van der Waals surface area contributed by atoms with Crippen LogP contribution in [0.25, 0.3) is 99.3 Å². The fourth-order valence-electron chi connectivity index (χ4n) is 7.34. The van der Waals surface area contributed by atoms with Gasteiger partial charge in [0.25, 0.3) is 0 Å². The predicted octanol–water partition coefficient (Wildman–Crippen LogP) is 12.5. The number of fused-ring (bicyclic) bond motifs is 7. The average molecular weight is 625 g/mol. The van der Waals surface area contributed by atoms with Crippen LogP contribution in [0.5, 0.6) is 0 Å². The lowest BCUT2D eigenvalue weighted by molar-refractivity contribution is 0.669. The Labute approximate surface area is 282 Å². The van der Waals surface area contributed by atoms with Gasteiger partial charge in [-0.1, -0.05) is 146 Å². The number of furan rings is 1. The van der Waals surface area contributed by atoms with Crippen LogP contribution in [0.15, 0.2) is 174 Å². The first-order chi connectivity index (χ1) is 24.3. The number of hydrogen-bond donors (Lipinski definition) is 0. The summed E-state index contributed by atoms with van der Waals surface area (Å²) >= 11 is 0. The van der Waals surface area contributed by atoms with E-state index in [1.165, 1.54) is 32.7 Å². The Balaban J connectivity index is 1.25. The van der Waals surface area contributed by atoms with Crippen molar-refractivity contribution >= 4 is 54.4 Å². The lowest BCUT2D eigenvalue weighted by Crippen LogP contribution is -1.96. The molecule has 0 aliphatic carbocycles. The second-order valence-corrected chi connectivity index (χ2v) is 12.5. The molecule has 0 aliphatic heterocycles. The van der Waals surface area contributed by atoms with Crippen LogP contribution in [-0.2, 0) is 0 Å². The molecule has 0 saturated heterocycles. The molecule has 0 amide bonds. The first-order valence-corrected chi connectivity index (χ1v) is 16.6. The van der Waals surface area contributed by atoms with E-state index in [4.69, 9.17) is 14.4 Å². The van der Waals surface area contributed by atoms with E-state index in [0.717, 1.165) is 60.8 Å². The minimum atomic E-state index is 0.663. The quantitative estimate of drug-likeness (QED) is 0.196. The van der Waals surface area contributed by atoms with E-state index in [2.05, 4.69) is 164 Å². The van der Waals surface area contributed by atoms with E-state index in [9.17, 15) is 0 Å². The average Bonchev–Trinajstić information content (AvgIpc) is 3.57. The van der Waals surface area contributed by atoms with Crippen LogP contribution in [0, 0.1) is 0 Å². The number of benzene rings is 8. The van der Waals surface area contributed by atoms with Gasteiger partial charge in [0.1, 0.15) is 11.2 Å². The molecule has 10 rings (SSSR count). The molecule has 0 saturated carbocycles. The second kappa shape index (κ2) is 11.0. The SMILES string of the molecule is c1ccc(-c2ccc(-c3cc(-c4nc(-c5cccc6ccccc56)c5ccccc5n4)cc4oc5ccc6ccccc6c5c34)cc2)cc1. The zero-order valence-electron chi connectivity index (χ0n) is 26.5. The van der Waals surface area contributed by atoms with Crippen molar-refractivity contribution in [2.24, 2.45) is 0 Å². The van der Waals surface area contributed by atoms with Gasteiger partial charge in [-0.15, -0.1) is 0 Å². The highest BCUT2D eigenvalue weighted by molar-refractivity contribution is 6.23. The minimum absolute atomic E-state index is 0.663.